The first-order valence-electron chi connectivity index (χ1n) is 8.36. The Kier molecular flexibility index (Phi) is 4.68. The van der Waals surface area contributed by atoms with Crippen molar-refractivity contribution in [2.45, 2.75) is 50.1 Å². The topological polar surface area (TPSA) is 78.9 Å². The van der Waals surface area contributed by atoms with Crippen molar-refractivity contribution in [1.29, 1.82) is 0 Å². The number of benzene rings is 1. The van der Waals surface area contributed by atoms with Crippen molar-refractivity contribution in [3.63, 3.8) is 0 Å². The second kappa shape index (κ2) is 6.37. The fourth-order valence-electron chi connectivity index (χ4n) is 3.76. The van der Waals surface area contributed by atoms with Crippen molar-refractivity contribution in [3.05, 3.63) is 29.8 Å². The molecule has 1 heterocycles. The Hall–Kier alpha value is -1.44. The molecule has 2 fully saturated rings. The van der Waals surface area contributed by atoms with Gasteiger partial charge in [-0.1, -0.05) is 17.7 Å². The molecule has 0 radical (unpaired) electrons. The second-order valence-corrected chi connectivity index (χ2v) is 9.32. The van der Waals surface area contributed by atoms with Crippen LogP contribution in [0.15, 0.2) is 29.2 Å². The zero-order valence-electron chi connectivity index (χ0n) is 14.9. The maximum atomic E-state index is 12.8. The lowest BCUT2D eigenvalue weighted by molar-refractivity contribution is -0.169. The van der Waals surface area contributed by atoms with Gasteiger partial charge in [-0.05, 0) is 39.3 Å². The molecule has 1 aliphatic heterocycles. The molecule has 4 atom stereocenters. The van der Waals surface area contributed by atoms with Gasteiger partial charge in [0.05, 0.1) is 29.8 Å². The number of hydrogen-bond acceptors (Lipinski definition) is 6. The molecule has 138 valence electrons. The predicted molar refractivity (Wildman–Crippen MR) is 90.7 cm³/mol. The number of fused-ring (bicyclic) bond motifs is 1. The van der Waals surface area contributed by atoms with E-state index in [1.54, 1.807) is 38.1 Å². The Morgan fingerprint density at radius 1 is 1.20 bits per heavy atom. The van der Waals surface area contributed by atoms with Gasteiger partial charge in [-0.3, -0.25) is 4.79 Å². The molecule has 2 aliphatic rings. The van der Waals surface area contributed by atoms with Gasteiger partial charge in [-0.15, -0.1) is 0 Å². The summed E-state index contributed by atoms with van der Waals surface area (Å²) in [7, 11) is -2.15. The van der Waals surface area contributed by atoms with Crippen molar-refractivity contribution < 1.29 is 27.4 Å². The van der Waals surface area contributed by atoms with Crippen molar-refractivity contribution in [1.82, 2.24) is 0 Å². The van der Waals surface area contributed by atoms with Gasteiger partial charge in [-0.25, -0.2) is 8.42 Å². The first-order chi connectivity index (χ1) is 11.6. The van der Waals surface area contributed by atoms with Gasteiger partial charge in [-0.2, -0.15) is 0 Å². The number of esters is 1. The number of sulfone groups is 1. The summed E-state index contributed by atoms with van der Waals surface area (Å²) in [5.41, 5.74) is 1.000. The number of aryl methyl sites for hydroxylation is 1. The Morgan fingerprint density at radius 3 is 2.40 bits per heavy atom. The quantitative estimate of drug-likeness (QED) is 0.758. The molecule has 6 nitrogen and oxygen atoms in total. The summed E-state index contributed by atoms with van der Waals surface area (Å²) in [6.07, 6.45) is -0.525. The fourth-order valence-corrected chi connectivity index (χ4v) is 5.39. The van der Waals surface area contributed by atoms with E-state index in [0.29, 0.717) is 6.42 Å². The minimum absolute atomic E-state index is 0.0792. The maximum absolute atomic E-state index is 12.8. The van der Waals surface area contributed by atoms with E-state index in [4.69, 9.17) is 14.2 Å². The van der Waals surface area contributed by atoms with E-state index in [9.17, 15) is 13.2 Å². The minimum atomic E-state index is -3.48. The highest BCUT2D eigenvalue weighted by atomic mass is 32.2. The number of carbonyl (C=O) groups excluding carboxylic acids is 1. The number of methoxy groups -OCH3 is 1. The molecule has 1 aromatic carbocycles. The Bertz CT molecular complexity index is 752. The summed E-state index contributed by atoms with van der Waals surface area (Å²) >= 11 is 0. The number of ether oxygens (including phenoxy) is 3. The SMILES string of the molecule is COC(=O)[C@@H]1C[C@H](CS(=O)(=O)c2ccc(C)cc2)[C@H]2OC(C)(C)O[C@H]21. The van der Waals surface area contributed by atoms with Gasteiger partial charge in [0.15, 0.2) is 15.6 Å². The third-order valence-corrected chi connectivity index (χ3v) is 6.76. The first-order valence-corrected chi connectivity index (χ1v) is 10.0. The van der Waals surface area contributed by atoms with Crippen LogP contribution in [0.3, 0.4) is 0 Å². The van der Waals surface area contributed by atoms with Gasteiger partial charge in [0, 0.05) is 5.92 Å². The highest BCUT2D eigenvalue weighted by Crippen LogP contribution is 2.46. The van der Waals surface area contributed by atoms with Crippen LogP contribution in [0.4, 0.5) is 0 Å². The van der Waals surface area contributed by atoms with Crippen LogP contribution in [0.25, 0.3) is 0 Å². The van der Waals surface area contributed by atoms with E-state index < -0.39 is 33.8 Å². The van der Waals surface area contributed by atoms with Crippen molar-refractivity contribution in [3.8, 4) is 0 Å². The third-order valence-electron chi connectivity index (χ3n) is 4.90. The molecule has 0 bridgehead atoms. The third kappa shape index (κ3) is 3.59. The minimum Gasteiger partial charge on any atom is -0.469 e. The van der Waals surface area contributed by atoms with E-state index in [0.717, 1.165) is 5.56 Å². The average molecular weight is 368 g/mol. The van der Waals surface area contributed by atoms with Crippen LogP contribution in [0.1, 0.15) is 25.8 Å². The van der Waals surface area contributed by atoms with E-state index in [1.807, 2.05) is 6.92 Å². The van der Waals surface area contributed by atoms with Crippen LogP contribution >= 0.6 is 0 Å². The molecule has 0 amide bonds. The standard InChI is InChI=1S/C18H24O6S/c1-11-5-7-13(8-6-11)25(20,21)10-12-9-14(17(19)22-4)16-15(12)23-18(2,3)24-16/h5-8,12,14-16H,9-10H2,1-4H3/t12-,14-,15-,16+/m1/s1. The lowest BCUT2D eigenvalue weighted by Gasteiger charge is -2.22. The van der Waals surface area contributed by atoms with Crippen LogP contribution in [0.5, 0.6) is 0 Å². The molecule has 0 spiro atoms. The Balaban J connectivity index is 1.84. The van der Waals surface area contributed by atoms with E-state index >= 15 is 0 Å². The summed E-state index contributed by atoms with van der Waals surface area (Å²) in [5.74, 6) is -2.12. The van der Waals surface area contributed by atoms with Gasteiger partial charge < -0.3 is 14.2 Å². The van der Waals surface area contributed by atoms with Gasteiger partial charge >= 0.3 is 5.97 Å². The highest BCUT2D eigenvalue weighted by Gasteiger charge is 2.57. The molecule has 0 N–H and O–H groups in total. The van der Waals surface area contributed by atoms with Crippen LogP contribution in [-0.4, -0.2) is 45.2 Å². The first kappa shape index (κ1) is 18.4. The molecule has 3 rings (SSSR count). The smallest absolute Gasteiger partial charge is 0.311 e. The molecule has 1 aromatic rings. The van der Waals surface area contributed by atoms with E-state index in [-0.39, 0.29) is 22.5 Å². The van der Waals surface area contributed by atoms with Crippen LogP contribution in [0, 0.1) is 18.8 Å². The van der Waals surface area contributed by atoms with E-state index in [1.165, 1.54) is 7.11 Å². The van der Waals surface area contributed by atoms with Crippen LogP contribution < -0.4 is 0 Å². The average Bonchev–Trinajstić information content (AvgIpc) is 3.01. The normalized spacial score (nSPS) is 30.9. The highest BCUT2D eigenvalue weighted by molar-refractivity contribution is 7.91. The summed E-state index contributed by atoms with van der Waals surface area (Å²) in [4.78, 5) is 12.4. The Labute approximate surface area is 148 Å². The van der Waals surface area contributed by atoms with Crippen LogP contribution in [0.2, 0.25) is 0 Å². The molecule has 1 saturated heterocycles. The molecule has 0 unspecified atom stereocenters. The summed E-state index contributed by atoms with van der Waals surface area (Å²) in [5, 5.41) is 0. The van der Waals surface area contributed by atoms with Crippen molar-refractivity contribution in [2.75, 3.05) is 12.9 Å². The zero-order chi connectivity index (χ0) is 18.4. The second-order valence-electron chi connectivity index (χ2n) is 7.28. The molecular weight excluding hydrogens is 344 g/mol. The largest absolute Gasteiger partial charge is 0.469 e. The zero-order valence-corrected chi connectivity index (χ0v) is 15.7. The monoisotopic (exact) mass is 368 g/mol. The maximum Gasteiger partial charge on any atom is 0.311 e. The Morgan fingerprint density at radius 2 is 1.80 bits per heavy atom. The van der Waals surface area contributed by atoms with Gasteiger partial charge in [0.1, 0.15) is 6.10 Å². The molecule has 7 heteroatoms. The van der Waals surface area contributed by atoms with Crippen molar-refractivity contribution in [2.24, 2.45) is 11.8 Å². The summed E-state index contributed by atoms with van der Waals surface area (Å²) < 4.78 is 42.2. The van der Waals surface area contributed by atoms with E-state index in [2.05, 4.69) is 0 Å². The van der Waals surface area contributed by atoms with Gasteiger partial charge in [0.25, 0.3) is 0 Å². The lowest BCUT2D eigenvalue weighted by atomic mass is 10.1. The molecular formula is C18H24O6S. The lowest BCUT2D eigenvalue weighted by Crippen LogP contribution is -2.31. The van der Waals surface area contributed by atoms with Gasteiger partial charge in [0.2, 0.25) is 0 Å². The number of hydrogen-bond donors (Lipinski definition) is 0. The van der Waals surface area contributed by atoms with Crippen LogP contribution in [-0.2, 0) is 28.8 Å². The molecule has 1 saturated carbocycles. The fraction of sp³-hybridized carbons (Fsp3) is 0.611. The number of rotatable bonds is 4. The van der Waals surface area contributed by atoms with Crippen molar-refractivity contribution >= 4 is 15.8 Å². The predicted octanol–water partition coefficient (Wildman–Crippen LogP) is 2.10. The molecule has 25 heavy (non-hydrogen) atoms. The molecule has 0 aromatic heterocycles. The number of carbonyl (C=O) groups is 1. The molecule has 1 aliphatic carbocycles. The summed E-state index contributed by atoms with van der Waals surface area (Å²) in [6, 6.07) is 6.79. The summed E-state index contributed by atoms with van der Waals surface area (Å²) in [6.45, 7) is 5.45.